The summed E-state index contributed by atoms with van der Waals surface area (Å²) in [7, 11) is 1.62. The van der Waals surface area contributed by atoms with Crippen molar-refractivity contribution in [3.63, 3.8) is 0 Å². The normalized spacial score (nSPS) is 12.8. The van der Waals surface area contributed by atoms with E-state index in [1.807, 2.05) is 61.5 Å². The van der Waals surface area contributed by atoms with Crippen LogP contribution in [-0.4, -0.2) is 23.9 Å². The third-order valence-corrected chi connectivity index (χ3v) is 4.09. The first-order valence-corrected chi connectivity index (χ1v) is 7.55. The fourth-order valence-electron chi connectivity index (χ4n) is 2.68. The summed E-state index contributed by atoms with van der Waals surface area (Å²) >= 11 is 0. The van der Waals surface area contributed by atoms with Crippen LogP contribution in [0, 0.1) is 5.92 Å². The molecule has 2 unspecified atom stereocenters. The number of hydrogen-bond donors (Lipinski definition) is 0. The standard InChI is InChI=1S/C19H20N2O2/c1-14(16-6-4-3-5-7-16)18(19(22)13-21-20)12-15-8-10-17(23-2)11-9-15/h3-11,13-14,18H,12H2,1-2H3. The minimum Gasteiger partial charge on any atom is -0.497 e. The number of hydrogen-bond acceptors (Lipinski definition) is 2. The summed E-state index contributed by atoms with van der Waals surface area (Å²) in [6.07, 6.45) is 1.57. The van der Waals surface area contributed by atoms with Crippen molar-refractivity contribution in [2.24, 2.45) is 5.92 Å². The van der Waals surface area contributed by atoms with Gasteiger partial charge in [0.2, 0.25) is 5.78 Å². The van der Waals surface area contributed by atoms with Crippen LogP contribution in [0.4, 0.5) is 0 Å². The van der Waals surface area contributed by atoms with Crippen molar-refractivity contribution in [2.45, 2.75) is 19.3 Å². The Morgan fingerprint density at radius 2 is 1.83 bits per heavy atom. The highest BCUT2D eigenvalue weighted by molar-refractivity contribution is 6.26. The maximum absolute atomic E-state index is 12.4. The third kappa shape index (κ3) is 4.38. The summed E-state index contributed by atoms with van der Waals surface area (Å²) in [4.78, 5) is 15.3. The molecular weight excluding hydrogens is 288 g/mol. The molecule has 23 heavy (non-hydrogen) atoms. The SMILES string of the molecule is COc1ccc(CC(C(=O)C=[N+]=[N-])C(C)c2ccccc2)cc1. The Morgan fingerprint density at radius 3 is 2.39 bits per heavy atom. The van der Waals surface area contributed by atoms with Crippen LogP contribution in [0.3, 0.4) is 0 Å². The molecule has 2 rings (SSSR count). The lowest BCUT2D eigenvalue weighted by atomic mass is 9.81. The number of benzene rings is 2. The molecule has 4 heteroatoms. The molecule has 0 aromatic heterocycles. The third-order valence-electron chi connectivity index (χ3n) is 4.09. The summed E-state index contributed by atoms with van der Waals surface area (Å²) in [5, 5.41) is 0. The molecule has 0 bridgehead atoms. The summed E-state index contributed by atoms with van der Waals surface area (Å²) in [5.74, 6) is 0.329. The fourth-order valence-corrected chi connectivity index (χ4v) is 2.68. The van der Waals surface area contributed by atoms with Crippen molar-refractivity contribution >= 4 is 12.0 Å². The first-order valence-electron chi connectivity index (χ1n) is 7.55. The van der Waals surface area contributed by atoms with Gasteiger partial charge < -0.3 is 10.3 Å². The Kier molecular flexibility index (Phi) is 5.84. The zero-order valence-corrected chi connectivity index (χ0v) is 13.3. The van der Waals surface area contributed by atoms with E-state index in [2.05, 4.69) is 4.79 Å². The Labute approximate surface area is 136 Å². The van der Waals surface area contributed by atoms with Crippen LogP contribution in [0.25, 0.3) is 5.53 Å². The molecule has 0 N–H and O–H groups in total. The molecule has 2 atom stereocenters. The predicted molar refractivity (Wildman–Crippen MR) is 89.7 cm³/mol. The molecule has 118 valence electrons. The predicted octanol–water partition coefficient (Wildman–Crippen LogP) is 3.53. The molecule has 0 saturated carbocycles. The second-order valence-electron chi connectivity index (χ2n) is 5.50. The zero-order valence-electron chi connectivity index (χ0n) is 13.3. The van der Waals surface area contributed by atoms with E-state index in [9.17, 15) is 4.79 Å². The number of rotatable bonds is 7. The van der Waals surface area contributed by atoms with Crippen LogP contribution >= 0.6 is 0 Å². The van der Waals surface area contributed by atoms with Crippen LogP contribution in [0.2, 0.25) is 0 Å². The van der Waals surface area contributed by atoms with Gasteiger partial charge >= 0.3 is 6.21 Å². The van der Waals surface area contributed by atoms with Gasteiger partial charge in [0.15, 0.2) is 0 Å². The lowest BCUT2D eigenvalue weighted by molar-refractivity contribution is -0.120. The molecule has 0 fully saturated rings. The van der Waals surface area contributed by atoms with Gasteiger partial charge in [-0.15, -0.1) is 0 Å². The molecule has 0 aliphatic heterocycles. The molecule has 0 aliphatic rings. The Morgan fingerprint density at radius 1 is 1.17 bits per heavy atom. The second kappa shape index (κ2) is 8.06. The summed E-state index contributed by atoms with van der Waals surface area (Å²) in [6.45, 7) is 2.02. The zero-order chi connectivity index (χ0) is 16.7. The van der Waals surface area contributed by atoms with Gasteiger partial charge in [-0.3, -0.25) is 4.79 Å². The van der Waals surface area contributed by atoms with Crippen LogP contribution in [0.5, 0.6) is 5.75 Å². The number of ether oxygens (including phenoxy) is 1. The fraction of sp³-hybridized carbons (Fsp3) is 0.263. The van der Waals surface area contributed by atoms with E-state index in [1.165, 1.54) is 0 Å². The Hall–Kier alpha value is -2.71. The summed E-state index contributed by atoms with van der Waals surface area (Å²) in [6, 6.07) is 17.5. The van der Waals surface area contributed by atoms with Gasteiger partial charge in [-0.05, 0) is 35.6 Å². The molecule has 2 aromatic carbocycles. The molecule has 0 radical (unpaired) electrons. The van der Waals surface area contributed by atoms with E-state index >= 15 is 0 Å². The smallest absolute Gasteiger partial charge is 0.323 e. The number of nitrogens with zero attached hydrogens (tertiary/aromatic N) is 2. The van der Waals surface area contributed by atoms with Gasteiger partial charge in [0.05, 0.1) is 7.11 Å². The van der Waals surface area contributed by atoms with Crippen molar-refractivity contribution in [3.8, 4) is 5.75 Å². The van der Waals surface area contributed by atoms with Gasteiger partial charge in [-0.2, -0.15) is 4.79 Å². The average Bonchev–Trinajstić information content (AvgIpc) is 2.60. The van der Waals surface area contributed by atoms with E-state index < -0.39 is 0 Å². The highest BCUT2D eigenvalue weighted by Crippen LogP contribution is 2.28. The quantitative estimate of drug-likeness (QED) is 0.446. The largest absolute Gasteiger partial charge is 0.497 e. The van der Waals surface area contributed by atoms with Gasteiger partial charge in [0.25, 0.3) is 0 Å². The second-order valence-corrected chi connectivity index (χ2v) is 5.50. The number of Topliss-reactive ketones (excluding diaryl/α,β-unsaturated/α-hetero) is 1. The van der Waals surface area contributed by atoms with E-state index in [4.69, 9.17) is 10.3 Å². The van der Waals surface area contributed by atoms with Crippen LogP contribution in [-0.2, 0) is 11.2 Å². The average molecular weight is 308 g/mol. The van der Waals surface area contributed by atoms with Gasteiger partial charge in [0.1, 0.15) is 5.75 Å². The first-order chi connectivity index (χ1) is 11.2. The number of carbonyl (C=O) groups excluding carboxylic acids is 1. The first kappa shape index (κ1) is 16.7. The van der Waals surface area contributed by atoms with E-state index in [-0.39, 0.29) is 17.6 Å². The number of ketones is 1. The molecule has 2 aromatic rings. The Balaban J connectivity index is 2.26. The van der Waals surface area contributed by atoms with E-state index in [1.54, 1.807) is 7.11 Å². The molecule has 0 saturated heterocycles. The van der Waals surface area contributed by atoms with Crippen LogP contribution in [0.15, 0.2) is 54.6 Å². The maximum atomic E-state index is 12.4. The minimum atomic E-state index is -0.290. The van der Waals surface area contributed by atoms with Crippen molar-refractivity contribution in [3.05, 3.63) is 71.3 Å². The van der Waals surface area contributed by atoms with E-state index in [0.717, 1.165) is 23.1 Å². The molecule has 4 nitrogen and oxygen atoms in total. The molecule has 0 aliphatic carbocycles. The topological polar surface area (TPSA) is 62.7 Å². The molecule has 0 spiro atoms. The summed E-state index contributed by atoms with van der Waals surface area (Å²) < 4.78 is 5.16. The van der Waals surface area contributed by atoms with Crippen LogP contribution in [0.1, 0.15) is 24.0 Å². The van der Waals surface area contributed by atoms with Crippen molar-refractivity contribution in [1.29, 1.82) is 0 Å². The van der Waals surface area contributed by atoms with Gasteiger partial charge in [-0.1, -0.05) is 49.4 Å². The van der Waals surface area contributed by atoms with Gasteiger partial charge in [0, 0.05) is 5.92 Å². The summed E-state index contributed by atoms with van der Waals surface area (Å²) in [5.41, 5.74) is 10.8. The number of carbonyl (C=O) groups is 1. The van der Waals surface area contributed by atoms with Crippen molar-refractivity contribution < 1.29 is 14.3 Å². The molecular formula is C19H20N2O2. The lowest BCUT2D eigenvalue weighted by Crippen LogP contribution is -2.24. The minimum absolute atomic E-state index is 0.0174. The lowest BCUT2D eigenvalue weighted by Gasteiger charge is -2.21. The van der Waals surface area contributed by atoms with Crippen molar-refractivity contribution in [2.75, 3.05) is 7.11 Å². The highest BCUT2D eigenvalue weighted by Gasteiger charge is 2.27. The van der Waals surface area contributed by atoms with Crippen LogP contribution < -0.4 is 4.74 Å². The van der Waals surface area contributed by atoms with E-state index in [0.29, 0.717) is 6.42 Å². The number of methoxy groups -OCH3 is 1. The monoisotopic (exact) mass is 308 g/mol. The van der Waals surface area contributed by atoms with Crippen molar-refractivity contribution in [1.82, 2.24) is 0 Å². The highest BCUT2D eigenvalue weighted by atomic mass is 16.5. The molecule has 0 heterocycles. The van der Waals surface area contributed by atoms with Gasteiger partial charge in [-0.25, -0.2) is 0 Å². The maximum Gasteiger partial charge on any atom is 0.323 e. The molecule has 0 amide bonds. The Bertz CT molecular complexity index is 689.